The maximum atomic E-state index is 13.3. The monoisotopic (exact) mass is 264 g/mol. The van der Waals surface area contributed by atoms with E-state index < -0.39 is 18.2 Å². The van der Waals surface area contributed by atoms with Crippen LogP contribution in [0.1, 0.15) is 0 Å². The Balaban J connectivity index is 2.96. The van der Waals surface area contributed by atoms with Crippen LogP contribution in [0.4, 0.5) is 24.5 Å². The smallest absolute Gasteiger partial charge is 0.387 e. The molecular weight excluding hydrogens is 249 g/mol. The van der Waals surface area contributed by atoms with E-state index in [4.69, 9.17) is 10.5 Å². The number of nitrogens with two attached hydrogens (primary N) is 1. The first kappa shape index (κ1) is 14.4. The predicted octanol–water partition coefficient (Wildman–Crippen LogP) is 2.09. The first-order chi connectivity index (χ1) is 8.45. The van der Waals surface area contributed by atoms with Crippen LogP contribution in [0, 0.1) is 5.82 Å². The number of nitrogen functional groups attached to an aromatic ring is 1. The van der Waals surface area contributed by atoms with Crippen LogP contribution in [0.15, 0.2) is 12.1 Å². The highest BCUT2D eigenvalue weighted by Crippen LogP contribution is 2.31. The topological polar surface area (TPSA) is 47.7 Å². The summed E-state index contributed by atoms with van der Waals surface area (Å²) in [7, 11) is 3.22. The molecule has 18 heavy (non-hydrogen) atoms. The second-order valence-electron chi connectivity index (χ2n) is 3.63. The SMILES string of the molecule is COCCN(C)c1cc(OC(F)F)c(F)cc1N. The molecule has 0 saturated heterocycles. The van der Waals surface area contributed by atoms with Crippen LogP contribution in [-0.2, 0) is 4.74 Å². The molecule has 0 aliphatic rings. The highest BCUT2D eigenvalue weighted by Gasteiger charge is 2.15. The van der Waals surface area contributed by atoms with Crippen molar-refractivity contribution in [3.63, 3.8) is 0 Å². The van der Waals surface area contributed by atoms with Gasteiger partial charge in [-0.25, -0.2) is 4.39 Å². The third-order valence-electron chi connectivity index (χ3n) is 2.34. The minimum Gasteiger partial charge on any atom is -0.432 e. The Morgan fingerprint density at radius 3 is 2.61 bits per heavy atom. The molecule has 0 bridgehead atoms. The zero-order valence-electron chi connectivity index (χ0n) is 10.1. The average Bonchev–Trinajstić information content (AvgIpc) is 2.29. The summed E-state index contributed by atoms with van der Waals surface area (Å²) in [4.78, 5) is 1.66. The van der Waals surface area contributed by atoms with Gasteiger partial charge in [0.1, 0.15) is 0 Å². The molecule has 0 spiro atoms. The van der Waals surface area contributed by atoms with Gasteiger partial charge in [-0.1, -0.05) is 0 Å². The maximum Gasteiger partial charge on any atom is 0.387 e. The highest BCUT2D eigenvalue weighted by atomic mass is 19.3. The summed E-state index contributed by atoms with van der Waals surface area (Å²) in [6.07, 6.45) is 0. The predicted molar refractivity (Wildman–Crippen MR) is 62.6 cm³/mol. The van der Waals surface area contributed by atoms with E-state index in [1.807, 2.05) is 0 Å². The van der Waals surface area contributed by atoms with Crippen molar-refractivity contribution in [2.24, 2.45) is 0 Å². The van der Waals surface area contributed by atoms with Gasteiger partial charge in [-0.15, -0.1) is 0 Å². The molecule has 1 aromatic rings. The Bertz CT molecular complexity index is 402. The molecular formula is C11H15F3N2O2. The minimum atomic E-state index is -3.08. The van der Waals surface area contributed by atoms with Crippen LogP contribution in [0.5, 0.6) is 5.75 Å². The molecule has 0 amide bonds. The lowest BCUT2D eigenvalue weighted by molar-refractivity contribution is -0.0521. The number of rotatable bonds is 6. The minimum absolute atomic E-state index is 0.146. The van der Waals surface area contributed by atoms with E-state index in [9.17, 15) is 13.2 Å². The van der Waals surface area contributed by atoms with E-state index in [1.54, 1.807) is 11.9 Å². The summed E-state index contributed by atoms with van der Waals surface area (Å²) in [5.74, 6) is -1.45. The molecule has 0 aromatic heterocycles. The first-order valence-corrected chi connectivity index (χ1v) is 5.19. The Kier molecular flexibility index (Phi) is 5.08. The molecule has 1 rings (SSSR count). The van der Waals surface area contributed by atoms with Gasteiger partial charge in [-0.2, -0.15) is 8.78 Å². The molecule has 0 aliphatic carbocycles. The normalized spacial score (nSPS) is 10.8. The standard InChI is InChI=1S/C11H15F3N2O2/c1-16(3-4-17-2)9-6-10(18-11(13)14)7(12)5-8(9)15/h5-6,11H,3-4,15H2,1-2H3. The largest absolute Gasteiger partial charge is 0.432 e. The molecule has 0 fully saturated rings. The quantitative estimate of drug-likeness (QED) is 0.799. The number of benzene rings is 1. The second-order valence-corrected chi connectivity index (χ2v) is 3.63. The lowest BCUT2D eigenvalue weighted by atomic mass is 10.2. The van der Waals surface area contributed by atoms with Gasteiger partial charge >= 0.3 is 6.61 Å². The fourth-order valence-electron chi connectivity index (χ4n) is 1.42. The Labute approximate surface area is 103 Å². The Hall–Kier alpha value is -1.63. The van der Waals surface area contributed by atoms with Gasteiger partial charge in [0.05, 0.1) is 18.0 Å². The van der Waals surface area contributed by atoms with Gasteiger partial charge in [-0.3, -0.25) is 0 Å². The Morgan fingerprint density at radius 2 is 2.06 bits per heavy atom. The third kappa shape index (κ3) is 3.69. The molecule has 0 unspecified atom stereocenters. The van der Waals surface area contributed by atoms with E-state index in [0.717, 1.165) is 12.1 Å². The van der Waals surface area contributed by atoms with E-state index in [-0.39, 0.29) is 5.69 Å². The number of nitrogens with zero attached hydrogens (tertiary/aromatic N) is 1. The molecule has 4 nitrogen and oxygen atoms in total. The molecule has 0 aliphatic heterocycles. The van der Waals surface area contributed by atoms with E-state index in [1.165, 1.54) is 7.11 Å². The van der Waals surface area contributed by atoms with Crippen molar-refractivity contribution in [1.82, 2.24) is 0 Å². The number of halogens is 3. The van der Waals surface area contributed by atoms with Crippen molar-refractivity contribution in [3.05, 3.63) is 17.9 Å². The van der Waals surface area contributed by atoms with Gasteiger partial charge in [0, 0.05) is 32.8 Å². The number of hydrogen-bond donors (Lipinski definition) is 1. The van der Waals surface area contributed by atoms with Crippen LogP contribution >= 0.6 is 0 Å². The summed E-state index contributed by atoms with van der Waals surface area (Å²) >= 11 is 0. The van der Waals surface area contributed by atoms with Crippen molar-refractivity contribution in [1.29, 1.82) is 0 Å². The molecule has 0 heterocycles. The van der Waals surface area contributed by atoms with Crippen LogP contribution in [0.2, 0.25) is 0 Å². The first-order valence-electron chi connectivity index (χ1n) is 5.19. The number of methoxy groups -OCH3 is 1. The molecule has 2 N–H and O–H groups in total. The van der Waals surface area contributed by atoms with E-state index >= 15 is 0 Å². The number of likely N-dealkylation sites (N-methyl/N-ethyl adjacent to an activating group) is 1. The number of hydrogen-bond acceptors (Lipinski definition) is 4. The van der Waals surface area contributed by atoms with Crippen molar-refractivity contribution in [3.8, 4) is 5.75 Å². The molecule has 102 valence electrons. The van der Waals surface area contributed by atoms with Crippen molar-refractivity contribution in [2.45, 2.75) is 6.61 Å². The second kappa shape index (κ2) is 6.34. The third-order valence-corrected chi connectivity index (χ3v) is 2.34. The molecule has 0 saturated carbocycles. The zero-order chi connectivity index (χ0) is 13.7. The average molecular weight is 264 g/mol. The van der Waals surface area contributed by atoms with E-state index in [0.29, 0.717) is 18.8 Å². The molecule has 0 atom stereocenters. The summed E-state index contributed by atoms with van der Waals surface area (Å²) < 4.78 is 46.4. The van der Waals surface area contributed by atoms with Crippen LogP contribution < -0.4 is 15.4 Å². The van der Waals surface area contributed by atoms with Gasteiger partial charge in [0.25, 0.3) is 0 Å². The fraction of sp³-hybridized carbons (Fsp3) is 0.455. The number of alkyl halides is 2. The Morgan fingerprint density at radius 1 is 1.39 bits per heavy atom. The number of ether oxygens (including phenoxy) is 2. The molecule has 1 aromatic carbocycles. The lowest BCUT2D eigenvalue weighted by Gasteiger charge is -2.21. The van der Waals surface area contributed by atoms with Crippen LogP contribution in [0.3, 0.4) is 0 Å². The summed E-state index contributed by atoms with van der Waals surface area (Å²) in [5, 5.41) is 0. The van der Waals surface area contributed by atoms with Gasteiger partial charge in [-0.05, 0) is 0 Å². The summed E-state index contributed by atoms with van der Waals surface area (Å²) in [6, 6.07) is 2.10. The van der Waals surface area contributed by atoms with E-state index in [2.05, 4.69) is 4.74 Å². The van der Waals surface area contributed by atoms with Gasteiger partial charge < -0.3 is 20.1 Å². The molecule has 0 radical (unpaired) electrons. The number of anilines is 2. The van der Waals surface area contributed by atoms with Crippen molar-refractivity contribution in [2.75, 3.05) is 37.9 Å². The summed E-state index contributed by atoms with van der Waals surface area (Å²) in [6.45, 7) is -2.17. The van der Waals surface area contributed by atoms with Gasteiger partial charge in [0.15, 0.2) is 11.6 Å². The van der Waals surface area contributed by atoms with Crippen LogP contribution in [0.25, 0.3) is 0 Å². The maximum absolute atomic E-state index is 13.3. The molecule has 7 heteroatoms. The fourth-order valence-corrected chi connectivity index (χ4v) is 1.42. The lowest BCUT2D eigenvalue weighted by Crippen LogP contribution is -2.23. The van der Waals surface area contributed by atoms with Gasteiger partial charge in [0.2, 0.25) is 0 Å². The summed E-state index contributed by atoms with van der Waals surface area (Å²) in [5.41, 5.74) is 6.18. The van der Waals surface area contributed by atoms with Crippen molar-refractivity contribution < 1.29 is 22.6 Å². The van der Waals surface area contributed by atoms with Crippen molar-refractivity contribution >= 4 is 11.4 Å². The highest BCUT2D eigenvalue weighted by molar-refractivity contribution is 5.69. The van der Waals surface area contributed by atoms with Crippen LogP contribution in [-0.4, -0.2) is 33.9 Å². The zero-order valence-corrected chi connectivity index (χ0v) is 10.1.